The van der Waals surface area contributed by atoms with E-state index in [1.807, 2.05) is 18.2 Å². The predicted octanol–water partition coefficient (Wildman–Crippen LogP) is 2.95. The first-order chi connectivity index (χ1) is 12.7. The minimum atomic E-state index is -0.397. The van der Waals surface area contributed by atoms with Crippen molar-refractivity contribution in [1.82, 2.24) is 10.2 Å². The quantitative estimate of drug-likeness (QED) is 0.893. The number of carbonyl (C=O) groups is 1. The number of ether oxygens (including phenoxy) is 1. The molecule has 0 spiro atoms. The van der Waals surface area contributed by atoms with Crippen molar-refractivity contribution in [3.05, 3.63) is 53.6 Å². The fourth-order valence-corrected chi connectivity index (χ4v) is 3.61. The molecule has 0 unspecified atom stereocenters. The summed E-state index contributed by atoms with van der Waals surface area (Å²) in [7, 11) is 0. The van der Waals surface area contributed by atoms with Gasteiger partial charge in [-0.05, 0) is 47.2 Å². The minimum absolute atomic E-state index is 0.105. The van der Waals surface area contributed by atoms with Crippen LogP contribution in [0, 0.1) is 0 Å². The van der Waals surface area contributed by atoms with E-state index in [0.29, 0.717) is 19.6 Å². The van der Waals surface area contributed by atoms with E-state index < -0.39 is 6.10 Å². The summed E-state index contributed by atoms with van der Waals surface area (Å²) in [4.78, 5) is 13.9. The van der Waals surface area contributed by atoms with Crippen molar-refractivity contribution in [2.24, 2.45) is 0 Å². The van der Waals surface area contributed by atoms with Gasteiger partial charge < -0.3 is 20.1 Å². The van der Waals surface area contributed by atoms with Crippen molar-refractivity contribution in [2.45, 2.75) is 31.9 Å². The molecule has 2 aromatic carbocycles. The predicted molar refractivity (Wildman–Crippen MR) is 100 cm³/mol. The van der Waals surface area contributed by atoms with Gasteiger partial charge in [0.1, 0.15) is 5.75 Å². The number of rotatable bonds is 3. The Morgan fingerprint density at radius 1 is 1.19 bits per heavy atom. The highest BCUT2D eigenvalue weighted by molar-refractivity contribution is 5.74. The van der Waals surface area contributed by atoms with E-state index in [1.165, 1.54) is 11.1 Å². The Bertz CT molecular complexity index is 788. The molecular weight excluding hydrogens is 328 g/mol. The normalized spacial score (nSPS) is 19.0. The number of nitrogens with one attached hydrogen (secondary N) is 1. The molecule has 0 aromatic heterocycles. The maximum atomic E-state index is 12.2. The van der Waals surface area contributed by atoms with Crippen LogP contribution in [0.1, 0.15) is 24.0 Å². The first-order valence-electron chi connectivity index (χ1n) is 9.25. The van der Waals surface area contributed by atoms with Gasteiger partial charge in [0.2, 0.25) is 0 Å². The minimum Gasteiger partial charge on any atom is -0.493 e. The molecule has 26 heavy (non-hydrogen) atoms. The molecule has 1 fully saturated rings. The van der Waals surface area contributed by atoms with Gasteiger partial charge in [0.05, 0.1) is 12.7 Å². The molecule has 5 nitrogen and oxygen atoms in total. The average Bonchev–Trinajstić information content (AvgIpc) is 3.14. The van der Waals surface area contributed by atoms with Crippen LogP contribution in [-0.4, -0.2) is 41.8 Å². The molecule has 2 heterocycles. The number of nitrogens with zero attached hydrogens (tertiary/aromatic N) is 1. The molecule has 2 aromatic rings. The van der Waals surface area contributed by atoms with Gasteiger partial charge in [0.25, 0.3) is 0 Å². The molecular formula is C21H24N2O3. The van der Waals surface area contributed by atoms with Crippen LogP contribution in [-0.2, 0) is 13.0 Å². The number of fused-ring (bicyclic) bond motifs is 1. The summed E-state index contributed by atoms with van der Waals surface area (Å²) in [6, 6.07) is 14.5. The number of β-amino-alcohol motifs (C(OH)–C–C–N with tert-alkyl or cyclic N) is 1. The molecule has 136 valence electrons. The van der Waals surface area contributed by atoms with Gasteiger partial charge >= 0.3 is 6.03 Å². The summed E-state index contributed by atoms with van der Waals surface area (Å²) in [5.41, 5.74) is 4.67. The number of hydrogen-bond donors (Lipinski definition) is 2. The number of urea groups is 1. The van der Waals surface area contributed by atoms with E-state index in [-0.39, 0.29) is 6.03 Å². The molecule has 2 amide bonds. The Morgan fingerprint density at radius 2 is 2.00 bits per heavy atom. The average molecular weight is 352 g/mol. The molecule has 1 atom stereocenters. The number of carbonyl (C=O) groups excluding carboxylic acids is 1. The van der Waals surface area contributed by atoms with E-state index in [1.54, 1.807) is 4.90 Å². The molecule has 0 aliphatic carbocycles. The Hall–Kier alpha value is -2.53. The highest BCUT2D eigenvalue weighted by Crippen LogP contribution is 2.30. The van der Waals surface area contributed by atoms with Crippen LogP contribution in [0.25, 0.3) is 11.1 Å². The molecule has 0 radical (unpaired) electrons. The summed E-state index contributed by atoms with van der Waals surface area (Å²) >= 11 is 0. The Kier molecular flexibility index (Phi) is 4.80. The zero-order valence-corrected chi connectivity index (χ0v) is 14.8. The number of amides is 2. The molecule has 5 heteroatoms. The monoisotopic (exact) mass is 352 g/mol. The van der Waals surface area contributed by atoms with Crippen molar-refractivity contribution in [2.75, 3.05) is 19.7 Å². The van der Waals surface area contributed by atoms with Crippen LogP contribution in [0.15, 0.2) is 42.5 Å². The topological polar surface area (TPSA) is 61.8 Å². The van der Waals surface area contributed by atoms with E-state index in [0.717, 1.165) is 42.7 Å². The first-order valence-corrected chi connectivity index (χ1v) is 9.25. The number of aliphatic hydroxyl groups excluding tert-OH is 1. The summed E-state index contributed by atoms with van der Waals surface area (Å²) < 4.78 is 5.56. The summed E-state index contributed by atoms with van der Waals surface area (Å²) in [5.74, 6) is 0.996. The zero-order valence-electron chi connectivity index (χ0n) is 14.8. The number of piperidine rings is 1. The van der Waals surface area contributed by atoms with E-state index in [4.69, 9.17) is 4.74 Å². The lowest BCUT2D eigenvalue weighted by Crippen LogP contribution is -2.46. The molecule has 2 aliphatic heterocycles. The maximum Gasteiger partial charge on any atom is 0.317 e. The van der Waals surface area contributed by atoms with Gasteiger partial charge in [-0.15, -0.1) is 0 Å². The van der Waals surface area contributed by atoms with Gasteiger partial charge in [-0.2, -0.15) is 0 Å². The summed E-state index contributed by atoms with van der Waals surface area (Å²) in [6.07, 6.45) is 2.21. The number of hydrogen-bond acceptors (Lipinski definition) is 3. The van der Waals surface area contributed by atoms with Crippen LogP contribution in [0.5, 0.6) is 5.75 Å². The van der Waals surface area contributed by atoms with Crippen LogP contribution in [0.3, 0.4) is 0 Å². The Labute approximate surface area is 153 Å². The van der Waals surface area contributed by atoms with Crippen molar-refractivity contribution in [1.29, 1.82) is 0 Å². The van der Waals surface area contributed by atoms with Crippen LogP contribution < -0.4 is 10.1 Å². The fraction of sp³-hybridized carbons (Fsp3) is 0.381. The van der Waals surface area contributed by atoms with Gasteiger partial charge in [-0.3, -0.25) is 0 Å². The van der Waals surface area contributed by atoms with Crippen LogP contribution in [0.2, 0.25) is 0 Å². The van der Waals surface area contributed by atoms with E-state index in [2.05, 4.69) is 29.6 Å². The van der Waals surface area contributed by atoms with E-state index >= 15 is 0 Å². The molecule has 4 rings (SSSR count). The molecule has 1 saturated heterocycles. The summed E-state index contributed by atoms with van der Waals surface area (Å²) in [5, 5.41) is 12.6. The maximum absolute atomic E-state index is 12.2. The van der Waals surface area contributed by atoms with Gasteiger partial charge in [-0.25, -0.2) is 4.79 Å². The zero-order chi connectivity index (χ0) is 17.9. The second-order valence-electron chi connectivity index (χ2n) is 7.02. The van der Waals surface area contributed by atoms with Crippen LogP contribution in [0.4, 0.5) is 4.79 Å². The number of aliphatic hydroxyl groups is 1. The van der Waals surface area contributed by atoms with Crippen molar-refractivity contribution >= 4 is 6.03 Å². The van der Waals surface area contributed by atoms with Crippen molar-refractivity contribution < 1.29 is 14.6 Å². The second-order valence-corrected chi connectivity index (χ2v) is 7.02. The van der Waals surface area contributed by atoms with Crippen molar-refractivity contribution in [3.8, 4) is 16.9 Å². The Balaban J connectivity index is 1.36. The first kappa shape index (κ1) is 16.9. The molecule has 2 N–H and O–H groups in total. The lowest BCUT2D eigenvalue weighted by molar-refractivity contribution is 0.0842. The number of benzene rings is 2. The second kappa shape index (κ2) is 7.38. The van der Waals surface area contributed by atoms with E-state index in [9.17, 15) is 9.90 Å². The molecule has 2 aliphatic rings. The largest absolute Gasteiger partial charge is 0.493 e. The van der Waals surface area contributed by atoms with Gasteiger partial charge in [0.15, 0.2) is 0 Å². The smallest absolute Gasteiger partial charge is 0.317 e. The third-order valence-corrected chi connectivity index (χ3v) is 5.10. The number of likely N-dealkylation sites (tertiary alicyclic amines) is 1. The third kappa shape index (κ3) is 3.68. The summed E-state index contributed by atoms with van der Waals surface area (Å²) in [6.45, 7) is 2.39. The molecule has 0 bridgehead atoms. The standard InChI is InChI=1S/C21H24N2O3/c24-19-2-1-10-23(14-19)21(25)22-13-15-3-5-16(6-4-15)17-7-8-20-18(12-17)9-11-26-20/h3-8,12,19,24H,1-2,9-11,13-14H2,(H,22,25)/t19-/m0/s1. The van der Waals surface area contributed by atoms with Gasteiger partial charge in [0, 0.05) is 26.1 Å². The fourth-order valence-electron chi connectivity index (χ4n) is 3.61. The Morgan fingerprint density at radius 3 is 2.81 bits per heavy atom. The van der Waals surface area contributed by atoms with Gasteiger partial charge in [-0.1, -0.05) is 30.3 Å². The third-order valence-electron chi connectivity index (χ3n) is 5.10. The van der Waals surface area contributed by atoms with Crippen molar-refractivity contribution in [3.63, 3.8) is 0 Å². The van der Waals surface area contributed by atoms with Crippen LogP contribution >= 0.6 is 0 Å². The molecule has 0 saturated carbocycles. The highest BCUT2D eigenvalue weighted by Gasteiger charge is 2.21. The lowest BCUT2D eigenvalue weighted by Gasteiger charge is -2.30. The lowest BCUT2D eigenvalue weighted by atomic mass is 10.0. The SMILES string of the molecule is O=C(NCc1ccc(-c2ccc3c(c2)CCO3)cc1)N1CCC[C@H](O)C1. The highest BCUT2D eigenvalue weighted by atomic mass is 16.5.